The van der Waals surface area contributed by atoms with Crippen molar-refractivity contribution in [1.82, 2.24) is 9.55 Å². The van der Waals surface area contributed by atoms with Crippen molar-refractivity contribution in [2.45, 2.75) is 24.5 Å². The molecule has 1 aromatic heterocycles. The third-order valence-corrected chi connectivity index (χ3v) is 2.91. The number of hydrogen-bond acceptors (Lipinski definition) is 6. The third kappa shape index (κ3) is 1.99. The van der Waals surface area contributed by atoms with E-state index in [0.717, 1.165) is 10.6 Å². The number of nitrogens with zero attached hydrogens (tertiary/aromatic N) is 1. The number of methoxy groups -OCH3 is 1. The van der Waals surface area contributed by atoms with Crippen LogP contribution in [-0.2, 0) is 9.47 Å². The van der Waals surface area contributed by atoms with Gasteiger partial charge in [-0.3, -0.25) is 4.79 Å². The van der Waals surface area contributed by atoms with Gasteiger partial charge in [-0.1, -0.05) is 0 Å². The molecular weight excluding hydrogens is 244 g/mol. The molecule has 1 fully saturated rings. The summed E-state index contributed by atoms with van der Waals surface area (Å²) in [5.74, 6) is 0. The zero-order valence-corrected chi connectivity index (χ0v) is 9.65. The number of ether oxygens (including phenoxy) is 2. The van der Waals surface area contributed by atoms with E-state index in [4.69, 9.17) is 14.6 Å². The Bertz CT molecular complexity index is 495. The summed E-state index contributed by atoms with van der Waals surface area (Å²) in [6, 6.07) is 1.16. The molecule has 1 aliphatic heterocycles. The maximum absolute atomic E-state index is 11.7. The fourth-order valence-electron chi connectivity index (χ4n) is 2.01. The highest BCUT2D eigenvalue weighted by Crippen LogP contribution is 2.29. The lowest BCUT2D eigenvalue weighted by Crippen LogP contribution is -2.42. The number of nitrogens with one attached hydrogen (secondary N) is 1. The number of aliphatic hydroxyl groups is 2. The second-order valence-corrected chi connectivity index (χ2v) is 3.93. The van der Waals surface area contributed by atoms with Gasteiger partial charge >= 0.3 is 5.69 Å². The van der Waals surface area contributed by atoms with Crippen molar-refractivity contribution in [3.8, 4) is 0 Å². The lowest BCUT2D eigenvalue weighted by atomic mass is 10.1. The van der Waals surface area contributed by atoms with Crippen molar-refractivity contribution in [2.24, 2.45) is 0 Å². The average molecular weight is 258 g/mol. The average Bonchev–Trinajstić information content (AvgIpc) is 2.65. The minimum absolute atomic E-state index is 0.434. The Balaban J connectivity index is 2.44. The van der Waals surface area contributed by atoms with Gasteiger partial charge in [0.15, 0.2) is 6.23 Å². The van der Waals surface area contributed by atoms with Crippen LogP contribution in [0.25, 0.3) is 0 Å². The minimum Gasteiger partial charge on any atom is -0.394 e. The highest BCUT2D eigenvalue weighted by Gasteiger charge is 2.45. The SMILES string of the molecule is COC1[C@@H](O)[C@@H](CO)O[C@H]1n1c(=O)cc[nH]c1=O. The molecule has 18 heavy (non-hydrogen) atoms. The minimum atomic E-state index is -1.11. The molecule has 3 N–H and O–H groups in total. The van der Waals surface area contributed by atoms with E-state index < -0.39 is 42.4 Å². The van der Waals surface area contributed by atoms with Crippen LogP contribution in [0.3, 0.4) is 0 Å². The van der Waals surface area contributed by atoms with Gasteiger partial charge in [-0.15, -0.1) is 0 Å². The van der Waals surface area contributed by atoms with Crippen LogP contribution in [0.2, 0.25) is 0 Å². The molecule has 2 heterocycles. The Morgan fingerprint density at radius 1 is 1.56 bits per heavy atom. The quantitative estimate of drug-likeness (QED) is 0.567. The molecule has 8 heteroatoms. The summed E-state index contributed by atoms with van der Waals surface area (Å²) >= 11 is 0. The summed E-state index contributed by atoms with van der Waals surface area (Å²) in [7, 11) is 1.33. The first kappa shape index (κ1) is 13.0. The van der Waals surface area contributed by atoms with Crippen molar-refractivity contribution < 1.29 is 19.7 Å². The smallest absolute Gasteiger partial charge is 0.330 e. The Hall–Kier alpha value is -1.48. The van der Waals surface area contributed by atoms with Crippen molar-refractivity contribution in [1.29, 1.82) is 0 Å². The molecule has 0 amide bonds. The molecule has 1 saturated heterocycles. The van der Waals surface area contributed by atoms with Gasteiger partial charge in [0.2, 0.25) is 0 Å². The molecule has 8 nitrogen and oxygen atoms in total. The highest BCUT2D eigenvalue weighted by molar-refractivity contribution is 4.93. The van der Waals surface area contributed by atoms with E-state index in [1.54, 1.807) is 0 Å². The molecule has 1 unspecified atom stereocenters. The van der Waals surface area contributed by atoms with Crippen molar-refractivity contribution in [3.05, 3.63) is 33.1 Å². The van der Waals surface area contributed by atoms with Crippen LogP contribution >= 0.6 is 0 Å². The van der Waals surface area contributed by atoms with Gasteiger partial charge in [-0.25, -0.2) is 9.36 Å². The molecular formula is C10H14N2O6. The number of H-pyrrole nitrogens is 1. The van der Waals surface area contributed by atoms with E-state index in [2.05, 4.69) is 4.98 Å². The van der Waals surface area contributed by atoms with E-state index in [1.165, 1.54) is 13.3 Å². The number of aromatic nitrogens is 2. The second-order valence-electron chi connectivity index (χ2n) is 3.93. The lowest BCUT2D eigenvalue weighted by molar-refractivity contribution is -0.0640. The monoisotopic (exact) mass is 258 g/mol. The van der Waals surface area contributed by atoms with Crippen LogP contribution in [0.15, 0.2) is 21.9 Å². The lowest BCUT2D eigenvalue weighted by Gasteiger charge is -2.19. The Kier molecular flexibility index (Phi) is 3.62. The molecule has 0 aromatic carbocycles. The van der Waals surface area contributed by atoms with Gasteiger partial charge in [0.25, 0.3) is 5.56 Å². The predicted molar refractivity (Wildman–Crippen MR) is 59.1 cm³/mol. The molecule has 0 spiro atoms. The largest absolute Gasteiger partial charge is 0.394 e. The number of aromatic amines is 1. The first-order valence-electron chi connectivity index (χ1n) is 5.37. The van der Waals surface area contributed by atoms with Gasteiger partial charge < -0.3 is 24.7 Å². The summed E-state index contributed by atoms with van der Waals surface area (Å²) < 4.78 is 11.1. The van der Waals surface area contributed by atoms with Crippen LogP contribution in [0.1, 0.15) is 6.23 Å². The molecule has 4 atom stereocenters. The van der Waals surface area contributed by atoms with E-state index in [0.29, 0.717) is 0 Å². The molecule has 1 aromatic rings. The molecule has 0 aliphatic carbocycles. The maximum atomic E-state index is 11.7. The van der Waals surface area contributed by atoms with Gasteiger partial charge in [-0.2, -0.15) is 0 Å². The van der Waals surface area contributed by atoms with Crippen molar-refractivity contribution in [3.63, 3.8) is 0 Å². The molecule has 0 bridgehead atoms. The second kappa shape index (κ2) is 5.02. The van der Waals surface area contributed by atoms with Crippen LogP contribution in [0.5, 0.6) is 0 Å². The summed E-state index contributed by atoms with van der Waals surface area (Å²) in [4.78, 5) is 25.6. The van der Waals surface area contributed by atoms with E-state index >= 15 is 0 Å². The zero-order chi connectivity index (χ0) is 13.3. The fraction of sp³-hybridized carbons (Fsp3) is 0.600. The summed E-state index contributed by atoms with van der Waals surface area (Å²) in [5, 5.41) is 18.9. The normalized spacial score (nSPS) is 31.7. The van der Waals surface area contributed by atoms with Gasteiger partial charge in [0, 0.05) is 19.4 Å². The number of aliphatic hydroxyl groups excluding tert-OH is 2. The first-order chi connectivity index (χ1) is 8.60. The van der Waals surface area contributed by atoms with E-state index in [1.807, 2.05) is 0 Å². The van der Waals surface area contributed by atoms with Gasteiger partial charge in [0.1, 0.15) is 18.3 Å². The molecule has 100 valence electrons. The van der Waals surface area contributed by atoms with Crippen LogP contribution in [0.4, 0.5) is 0 Å². The molecule has 1 aliphatic rings. The number of rotatable bonds is 3. The molecule has 0 radical (unpaired) electrons. The van der Waals surface area contributed by atoms with Gasteiger partial charge in [0.05, 0.1) is 6.61 Å². The Labute approximate surface area is 101 Å². The standard InChI is InChI=1S/C10H14N2O6/c1-17-8-7(15)5(4-13)18-9(8)12-6(14)2-3-11-10(12)16/h2-3,5,7-9,13,15H,4H2,1H3,(H,11,16)/t5-,7+,8?,9-/m1/s1. The van der Waals surface area contributed by atoms with E-state index in [-0.39, 0.29) is 0 Å². The van der Waals surface area contributed by atoms with Crippen LogP contribution < -0.4 is 11.2 Å². The van der Waals surface area contributed by atoms with Crippen molar-refractivity contribution >= 4 is 0 Å². The predicted octanol–water partition coefficient (Wildman–Crippen LogP) is -2.20. The summed E-state index contributed by atoms with van der Waals surface area (Å²) in [6.07, 6.45) is -2.76. The molecule has 2 rings (SSSR count). The summed E-state index contributed by atoms with van der Waals surface area (Å²) in [6.45, 7) is -0.434. The third-order valence-electron chi connectivity index (χ3n) is 2.91. The molecule has 0 saturated carbocycles. The fourth-order valence-corrected chi connectivity index (χ4v) is 2.01. The first-order valence-corrected chi connectivity index (χ1v) is 5.37. The van der Waals surface area contributed by atoms with Crippen molar-refractivity contribution in [2.75, 3.05) is 13.7 Å². The number of hydrogen-bond donors (Lipinski definition) is 3. The maximum Gasteiger partial charge on any atom is 0.330 e. The van der Waals surface area contributed by atoms with Crippen LogP contribution in [0, 0.1) is 0 Å². The Morgan fingerprint density at radius 2 is 2.28 bits per heavy atom. The highest BCUT2D eigenvalue weighted by atomic mass is 16.6. The van der Waals surface area contributed by atoms with Gasteiger partial charge in [-0.05, 0) is 0 Å². The Morgan fingerprint density at radius 3 is 2.83 bits per heavy atom. The zero-order valence-electron chi connectivity index (χ0n) is 9.65. The topological polar surface area (TPSA) is 114 Å². The van der Waals surface area contributed by atoms with Crippen LogP contribution in [-0.4, -0.2) is 51.8 Å². The summed E-state index contributed by atoms with van der Waals surface area (Å²) in [5.41, 5.74) is -1.24. The van der Waals surface area contributed by atoms with E-state index in [9.17, 15) is 14.7 Å².